The molecule has 2 aromatic rings. The molecule has 0 heterocycles. The Kier molecular flexibility index (Phi) is 5.03. The first-order valence-electron chi connectivity index (χ1n) is 6.31. The Morgan fingerprint density at radius 1 is 1.21 bits per heavy atom. The maximum atomic E-state index is 6.31. The molecule has 1 atom stereocenters. The van der Waals surface area contributed by atoms with Crippen LogP contribution in [-0.2, 0) is 6.42 Å². The number of nitrogens with two attached hydrogens (primary N) is 1. The van der Waals surface area contributed by atoms with E-state index in [0.29, 0.717) is 6.54 Å². The molecule has 0 saturated carbocycles. The Bertz CT molecular complexity index is 568. The van der Waals surface area contributed by atoms with Crippen molar-refractivity contribution in [2.45, 2.75) is 19.3 Å². The van der Waals surface area contributed by atoms with Crippen molar-refractivity contribution in [3.63, 3.8) is 0 Å². The SMILES string of the molecule is Cc1ccc(CC(CN)c2ccccc2Br)c(Cl)c1. The highest BCUT2D eigenvalue weighted by Crippen LogP contribution is 2.29. The van der Waals surface area contributed by atoms with E-state index in [1.54, 1.807) is 0 Å². The lowest BCUT2D eigenvalue weighted by Crippen LogP contribution is -2.15. The van der Waals surface area contributed by atoms with E-state index in [-0.39, 0.29) is 5.92 Å². The molecule has 0 aliphatic rings. The number of halogens is 2. The van der Waals surface area contributed by atoms with Gasteiger partial charge in [0, 0.05) is 15.4 Å². The summed E-state index contributed by atoms with van der Waals surface area (Å²) in [5.41, 5.74) is 9.51. The van der Waals surface area contributed by atoms with E-state index in [2.05, 4.69) is 40.2 Å². The number of rotatable bonds is 4. The molecule has 0 aliphatic carbocycles. The average Bonchev–Trinajstić information content (AvgIpc) is 2.39. The van der Waals surface area contributed by atoms with Gasteiger partial charge in [-0.25, -0.2) is 0 Å². The van der Waals surface area contributed by atoms with Crippen molar-refractivity contribution in [1.29, 1.82) is 0 Å². The molecule has 19 heavy (non-hydrogen) atoms. The van der Waals surface area contributed by atoms with Crippen LogP contribution in [0.4, 0.5) is 0 Å². The van der Waals surface area contributed by atoms with Crippen LogP contribution in [0, 0.1) is 6.92 Å². The zero-order chi connectivity index (χ0) is 13.8. The zero-order valence-electron chi connectivity index (χ0n) is 10.9. The van der Waals surface area contributed by atoms with Crippen LogP contribution in [0.5, 0.6) is 0 Å². The fourth-order valence-electron chi connectivity index (χ4n) is 2.21. The summed E-state index contributed by atoms with van der Waals surface area (Å²) >= 11 is 9.90. The number of hydrogen-bond donors (Lipinski definition) is 1. The molecule has 0 radical (unpaired) electrons. The highest BCUT2D eigenvalue weighted by molar-refractivity contribution is 9.10. The van der Waals surface area contributed by atoms with Crippen LogP contribution in [-0.4, -0.2) is 6.54 Å². The molecule has 2 N–H and O–H groups in total. The van der Waals surface area contributed by atoms with Gasteiger partial charge in [-0.15, -0.1) is 0 Å². The highest BCUT2D eigenvalue weighted by Gasteiger charge is 2.15. The Morgan fingerprint density at radius 2 is 1.95 bits per heavy atom. The van der Waals surface area contributed by atoms with Crippen LogP contribution in [0.25, 0.3) is 0 Å². The predicted molar refractivity (Wildman–Crippen MR) is 85.8 cm³/mol. The van der Waals surface area contributed by atoms with Crippen molar-refractivity contribution in [2.24, 2.45) is 5.73 Å². The molecule has 100 valence electrons. The van der Waals surface area contributed by atoms with E-state index in [0.717, 1.165) is 21.5 Å². The maximum absolute atomic E-state index is 6.31. The van der Waals surface area contributed by atoms with Crippen LogP contribution in [0.2, 0.25) is 5.02 Å². The lowest BCUT2D eigenvalue weighted by Gasteiger charge is -2.18. The standard InChI is InChI=1S/C16H17BrClN/c1-11-6-7-12(16(18)8-11)9-13(10-19)14-4-2-3-5-15(14)17/h2-8,13H,9-10,19H2,1H3. The van der Waals surface area contributed by atoms with Gasteiger partial charge in [-0.3, -0.25) is 0 Å². The highest BCUT2D eigenvalue weighted by atomic mass is 79.9. The first kappa shape index (κ1) is 14.6. The Labute approximate surface area is 127 Å². The zero-order valence-corrected chi connectivity index (χ0v) is 13.2. The molecule has 0 bridgehead atoms. The van der Waals surface area contributed by atoms with Gasteiger partial charge in [-0.1, -0.05) is 57.9 Å². The van der Waals surface area contributed by atoms with E-state index >= 15 is 0 Å². The molecule has 1 nitrogen and oxygen atoms in total. The largest absolute Gasteiger partial charge is 0.330 e. The third kappa shape index (κ3) is 3.59. The lowest BCUT2D eigenvalue weighted by atomic mass is 9.92. The fourth-order valence-corrected chi connectivity index (χ4v) is 3.13. The molecule has 0 spiro atoms. The third-order valence-electron chi connectivity index (χ3n) is 3.30. The second kappa shape index (κ2) is 6.56. The summed E-state index contributed by atoms with van der Waals surface area (Å²) in [6.45, 7) is 2.65. The molecule has 0 saturated heterocycles. The minimum atomic E-state index is 0.274. The fraction of sp³-hybridized carbons (Fsp3) is 0.250. The first-order valence-corrected chi connectivity index (χ1v) is 7.48. The average molecular weight is 339 g/mol. The maximum Gasteiger partial charge on any atom is 0.0440 e. The topological polar surface area (TPSA) is 26.0 Å². The Morgan fingerprint density at radius 3 is 2.58 bits per heavy atom. The van der Waals surface area contributed by atoms with Gasteiger partial charge < -0.3 is 5.73 Å². The monoisotopic (exact) mass is 337 g/mol. The first-order chi connectivity index (χ1) is 9.11. The van der Waals surface area contributed by atoms with Gasteiger partial charge in [-0.05, 0) is 48.7 Å². The number of hydrogen-bond acceptors (Lipinski definition) is 1. The molecule has 1 unspecified atom stereocenters. The van der Waals surface area contributed by atoms with Crippen molar-refractivity contribution in [2.75, 3.05) is 6.54 Å². The molecule has 2 rings (SSSR count). The van der Waals surface area contributed by atoms with Gasteiger partial charge in [0.25, 0.3) is 0 Å². The molecule has 3 heteroatoms. The summed E-state index contributed by atoms with van der Waals surface area (Å²) in [5, 5.41) is 0.825. The van der Waals surface area contributed by atoms with Gasteiger partial charge in [0.1, 0.15) is 0 Å². The predicted octanol–water partition coefficient (Wildman–Crippen LogP) is 4.70. The van der Waals surface area contributed by atoms with Gasteiger partial charge >= 0.3 is 0 Å². The van der Waals surface area contributed by atoms with E-state index in [1.165, 1.54) is 11.1 Å². The minimum Gasteiger partial charge on any atom is -0.330 e. The van der Waals surface area contributed by atoms with Gasteiger partial charge in [0.2, 0.25) is 0 Å². The molecule has 2 aromatic carbocycles. The summed E-state index contributed by atoms with van der Waals surface area (Å²) in [4.78, 5) is 0. The Balaban J connectivity index is 2.27. The molecule has 0 fully saturated rings. The van der Waals surface area contributed by atoms with E-state index in [9.17, 15) is 0 Å². The van der Waals surface area contributed by atoms with Crippen LogP contribution in [0.3, 0.4) is 0 Å². The minimum absolute atomic E-state index is 0.274. The Hall–Kier alpha value is -0.830. The smallest absolute Gasteiger partial charge is 0.0440 e. The van der Waals surface area contributed by atoms with Crippen molar-refractivity contribution >= 4 is 27.5 Å². The molecule has 0 aliphatic heterocycles. The summed E-state index contributed by atoms with van der Waals surface area (Å²) in [6, 6.07) is 14.4. The van der Waals surface area contributed by atoms with Gasteiger partial charge in [-0.2, -0.15) is 0 Å². The van der Waals surface area contributed by atoms with E-state index < -0.39 is 0 Å². The van der Waals surface area contributed by atoms with Crippen molar-refractivity contribution in [3.05, 3.63) is 68.7 Å². The molecule has 0 amide bonds. The second-order valence-electron chi connectivity index (χ2n) is 4.75. The van der Waals surface area contributed by atoms with Crippen molar-refractivity contribution in [3.8, 4) is 0 Å². The van der Waals surface area contributed by atoms with Crippen LogP contribution >= 0.6 is 27.5 Å². The number of aryl methyl sites for hydroxylation is 1. The van der Waals surface area contributed by atoms with E-state index in [1.807, 2.05) is 25.1 Å². The van der Waals surface area contributed by atoms with Gasteiger partial charge in [0.15, 0.2) is 0 Å². The summed E-state index contributed by atoms with van der Waals surface area (Å²) < 4.78 is 1.11. The van der Waals surface area contributed by atoms with E-state index in [4.69, 9.17) is 17.3 Å². The van der Waals surface area contributed by atoms with Crippen LogP contribution in [0.1, 0.15) is 22.6 Å². The van der Waals surface area contributed by atoms with Crippen LogP contribution < -0.4 is 5.73 Å². The molecular weight excluding hydrogens is 322 g/mol. The van der Waals surface area contributed by atoms with Gasteiger partial charge in [0.05, 0.1) is 0 Å². The summed E-state index contributed by atoms with van der Waals surface area (Å²) in [7, 11) is 0. The summed E-state index contributed by atoms with van der Waals surface area (Å²) in [5.74, 6) is 0.274. The molecule has 0 aromatic heterocycles. The second-order valence-corrected chi connectivity index (χ2v) is 6.01. The molecular formula is C16H17BrClN. The van der Waals surface area contributed by atoms with Crippen LogP contribution in [0.15, 0.2) is 46.9 Å². The summed E-state index contributed by atoms with van der Waals surface area (Å²) in [6.07, 6.45) is 0.859. The quantitative estimate of drug-likeness (QED) is 0.859. The van der Waals surface area contributed by atoms with Crippen molar-refractivity contribution < 1.29 is 0 Å². The number of benzene rings is 2. The van der Waals surface area contributed by atoms with Crippen molar-refractivity contribution in [1.82, 2.24) is 0 Å². The third-order valence-corrected chi connectivity index (χ3v) is 4.38. The normalized spacial score (nSPS) is 12.4. The lowest BCUT2D eigenvalue weighted by molar-refractivity contribution is 0.691.